The van der Waals surface area contributed by atoms with Crippen molar-refractivity contribution in [2.75, 3.05) is 0 Å². The van der Waals surface area contributed by atoms with E-state index in [1.807, 2.05) is 0 Å². The van der Waals surface area contributed by atoms with Gasteiger partial charge >= 0.3 is 0 Å². The second-order valence-electron chi connectivity index (χ2n) is 9.41. The Morgan fingerprint density at radius 1 is 0.682 bits per heavy atom. The SMILES string of the molecule is O=c1[nH]c2ccc(S(=O)(=O)O)cc2c(O)c1N=Nc1ccc(N=Nc2ccc3cc(S(=O)(=O)O)ccc3c2)c2ncccc12. The van der Waals surface area contributed by atoms with E-state index in [4.69, 9.17) is 0 Å². The number of azo groups is 2. The minimum absolute atomic E-state index is 0.0662. The molecular formula is C28H18N6O8S2. The molecule has 2 aromatic heterocycles. The standard InChI is InChI=1S/C28H18N6O8S2/c35-27-21-14-19(44(40,41)42)7-8-22(21)30-28(36)26(27)34-32-23-9-10-24(25-20(23)2-1-11-29-25)33-31-17-5-3-16-13-18(43(37,38)39)6-4-15(16)12-17/h1-14H,(H2,30,35,36)(H,37,38,39)(H,40,41,42). The molecule has 220 valence electrons. The van der Waals surface area contributed by atoms with E-state index in [-0.39, 0.29) is 21.5 Å². The summed E-state index contributed by atoms with van der Waals surface area (Å²) in [5.74, 6) is -0.629. The largest absolute Gasteiger partial charge is 0.505 e. The molecule has 0 bridgehead atoms. The van der Waals surface area contributed by atoms with Crippen molar-refractivity contribution in [2.45, 2.75) is 9.79 Å². The summed E-state index contributed by atoms with van der Waals surface area (Å²) in [6, 6.07) is 18.9. The van der Waals surface area contributed by atoms with Crippen molar-refractivity contribution in [1.82, 2.24) is 9.97 Å². The Kier molecular flexibility index (Phi) is 6.97. The van der Waals surface area contributed by atoms with Crippen LogP contribution in [0.2, 0.25) is 0 Å². The van der Waals surface area contributed by atoms with Crippen LogP contribution in [0.5, 0.6) is 5.75 Å². The summed E-state index contributed by atoms with van der Waals surface area (Å²) in [6.45, 7) is 0. The van der Waals surface area contributed by atoms with Gasteiger partial charge in [-0.3, -0.25) is 18.9 Å². The quantitative estimate of drug-likeness (QED) is 0.120. The molecule has 0 radical (unpaired) electrons. The van der Waals surface area contributed by atoms with Crippen molar-refractivity contribution in [3.63, 3.8) is 0 Å². The number of rotatable bonds is 6. The molecule has 2 heterocycles. The molecule has 0 fully saturated rings. The normalized spacial score (nSPS) is 12.7. The lowest BCUT2D eigenvalue weighted by Gasteiger charge is -2.06. The van der Waals surface area contributed by atoms with Gasteiger partial charge in [0.1, 0.15) is 5.69 Å². The summed E-state index contributed by atoms with van der Waals surface area (Å²) in [5.41, 5.74) is 0.386. The number of benzene rings is 4. The minimum atomic E-state index is -4.57. The third-order valence-electron chi connectivity index (χ3n) is 6.58. The van der Waals surface area contributed by atoms with E-state index in [1.54, 1.807) is 48.5 Å². The number of aromatic amines is 1. The topological polar surface area (TPSA) is 224 Å². The van der Waals surface area contributed by atoms with Crippen LogP contribution < -0.4 is 5.56 Å². The lowest BCUT2D eigenvalue weighted by Crippen LogP contribution is -2.06. The maximum Gasteiger partial charge on any atom is 0.294 e. The first-order chi connectivity index (χ1) is 20.9. The van der Waals surface area contributed by atoms with Crippen LogP contribution in [0, 0.1) is 0 Å². The van der Waals surface area contributed by atoms with E-state index >= 15 is 0 Å². The van der Waals surface area contributed by atoms with E-state index in [2.05, 4.69) is 30.4 Å². The number of aromatic hydroxyl groups is 1. The summed E-state index contributed by atoms with van der Waals surface area (Å²) in [6.07, 6.45) is 1.54. The highest BCUT2D eigenvalue weighted by molar-refractivity contribution is 7.86. The van der Waals surface area contributed by atoms with Gasteiger partial charge in [-0.2, -0.15) is 21.9 Å². The summed E-state index contributed by atoms with van der Waals surface area (Å²) in [7, 11) is -8.90. The van der Waals surface area contributed by atoms with E-state index < -0.39 is 42.1 Å². The summed E-state index contributed by atoms with van der Waals surface area (Å²) in [5, 5.41) is 29.0. The summed E-state index contributed by atoms with van der Waals surface area (Å²) >= 11 is 0. The number of fused-ring (bicyclic) bond motifs is 3. The molecule has 0 aliphatic carbocycles. The zero-order valence-electron chi connectivity index (χ0n) is 22.0. The highest BCUT2D eigenvalue weighted by Crippen LogP contribution is 2.36. The van der Waals surface area contributed by atoms with Crippen molar-refractivity contribution in [2.24, 2.45) is 20.5 Å². The minimum Gasteiger partial charge on any atom is -0.505 e. The van der Waals surface area contributed by atoms with Gasteiger partial charge in [-0.15, -0.1) is 15.3 Å². The molecule has 44 heavy (non-hydrogen) atoms. The third-order valence-corrected chi connectivity index (χ3v) is 8.28. The van der Waals surface area contributed by atoms with Gasteiger partial charge in [-0.1, -0.05) is 12.1 Å². The lowest BCUT2D eigenvalue weighted by molar-refractivity contribution is 0.479. The van der Waals surface area contributed by atoms with Gasteiger partial charge < -0.3 is 10.1 Å². The molecule has 4 aromatic carbocycles. The highest BCUT2D eigenvalue weighted by atomic mass is 32.2. The van der Waals surface area contributed by atoms with E-state index in [0.29, 0.717) is 33.1 Å². The number of hydrogen-bond acceptors (Lipinski definition) is 11. The average Bonchev–Trinajstić information content (AvgIpc) is 2.98. The van der Waals surface area contributed by atoms with Crippen LogP contribution in [-0.2, 0) is 20.2 Å². The Hall–Kier alpha value is -5.42. The second kappa shape index (κ2) is 10.7. The van der Waals surface area contributed by atoms with Gasteiger partial charge in [-0.05, 0) is 77.5 Å². The van der Waals surface area contributed by atoms with E-state index in [9.17, 15) is 35.8 Å². The molecule has 6 rings (SSSR count). The first kappa shape index (κ1) is 28.7. The Labute approximate surface area is 247 Å². The van der Waals surface area contributed by atoms with Crippen molar-refractivity contribution in [3.05, 3.63) is 95.4 Å². The van der Waals surface area contributed by atoms with Gasteiger partial charge in [0.2, 0.25) is 0 Å². The Balaban J connectivity index is 1.35. The van der Waals surface area contributed by atoms with Crippen molar-refractivity contribution in [3.8, 4) is 5.75 Å². The van der Waals surface area contributed by atoms with Crippen LogP contribution >= 0.6 is 0 Å². The predicted octanol–water partition coefficient (Wildman–Crippen LogP) is 6.26. The van der Waals surface area contributed by atoms with Crippen molar-refractivity contribution in [1.29, 1.82) is 0 Å². The first-order valence-electron chi connectivity index (χ1n) is 12.5. The summed E-state index contributed by atoms with van der Waals surface area (Å²) in [4.78, 5) is 18.8. The smallest absolute Gasteiger partial charge is 0.294 e. The Bertz CT molecular complexity index is 2490. The molecule has 6 aromatic rings. The van der Waals surface area contributed by atoms with Crippen LogP contribution in [0.25, 0.3) is 32.6 Å². The monoisotopic (exact) mass is 630 g/mol. The molecule has 0 unspecified atom stereocenters. The number of pyridine rings is 2. The molecule has 0 saturated heterocycles. The molecule has 0 aliphatic rings. The molecule has 0 atom stereocenters. The molecular weight excluding hydrogens is 612 g/mol. The molecule has 0 amide bonds. The van der Waals surface area contributed by atoms with Gasteiger partial charge in [0.05, 0.1) is 32.2 Å². The second-order valence-corrected chi connectivity index (χ2v) is 12.2. The van der Waals surface area contributed by atoms with Crippen molar-refractivity contribution >= 4 is 75.6 Å². The van der Waals surface area contributed by atoms with E-state index in [1.165, 1.54) is 24.4 Å². The average molecular weight is 631 g/mol. The number of H-pyrrole nitrogens is 1. The molecule has 14 nitrogen and oxygen atoms in total. The first-order valence-corrected chi connectivity index (χ1v) is 15.4. The van der Waals surface area contributed by atoms with Crippen molar-refractivity contribution < 1.29 is 31.0 Å². The van der Waals surface area contributed by atoms with Gasteiger partial charge in [0.25, 0.3) is 25.8 Å². The number of nitrogens with zero attached hydrogens (tertiary/aromatic N) is 5. The lowest BCUT2D eigenvalue weighted by atomic mass is 10.1. The van der Waals surface area contributed by atoms with Crippen LogP contribution in [0.4, 0.5) is 22.7 Å². The third kappa shape index (κ3) is 5.52. The van der Waals surface area contributed by atoms with Crippen LogP contribution in [-0.4, -0.2) is 41.0 Å². The molecule has 0 aliphatic heterocycles. The number of hydrogen-bond donors (Lipinski definition) is 4. The zero-order chi connectivity index (χ0) is 31.2. The fourth-order valence-corrected chi connectivity index (χ4v) is 5.48. The molecule has 16 heteroatoms. The number of nitrogens with one attached hydrogen (secondary N) is 1. The molecule has 0 saturated carbocycles. The van der Waals surface area contributed by atoms with Gasteiger partial charge in [0.15, 0.2) is 11.4 Å². The van der Waals surface area contributed by atoms with Crippen LogP contribution in [0.15, 0.2) is 120 Å². The van der Waals surface area contributed by atoms with E-state index in [0.717, 1.165) is 12.1 Å². The zero-order valence-corrected chi connectivity index (χ0v) is 23.7. The van der Waals surface area contributed by atoms with Crippen LogP contribution in [0.3, 0.4) is 0 Å². The summed E-state index contributed by atoms with van der Waals surface area (Å²) < 4.78 is 64.5. The fourth-order valence-electron chi connectivity index (χ4n) is 4.46. The maximum atomic E-state index is 12.6. The van der Waals surface area contributed by atoms with Gasteiger partial charge in [-0.25, -0.2) is 0 Å². The fraction of sp³-hybridized carbons (Fsp3) is 0. The maximum absolute atomic E-state index is 12.6. The highest BCUT2D eigenvalue weighted by Gasteiger charge is 2.17. The van der Waals surface area contributed by atoms with Crippen LogP contribution in [0.1, 0.15) is 0 Å². The Morgan fingerprint density at radius 3 is 2.11 bits per heavy atom. The number of aromatic nitrogens is 2. The van der Waals surface area contributed by atoms with Gasteiger partial charge in [0, 0.05) is 17.0 Å². The molecule has 0 spiro atoms. The Morgan fingerprint density at radius 2 is 1.34 bits per heavy atom. The predicted molar refractivity (Wildman–Crippen MR) is 160 cm³/mol. The molecule has 4 N–H and O–H groups in total.